The summed E-state index contributed by atoms with van der Waals surface area (Å²) in [6, 6.07) is 7.25. The molecule has 0 fully saturated rings. The molecule has 0 saturated carbocycles. The zero-order valence-electron chi connectivity index (χ0n) is 8.65. The van der Waals surface area contributed by atoms with Crippen molar-refractivity contribution in [2.45, 2.75) is 4.90 Å². The van der Waals surface area contributed by atoms with E-state index in [0.29, 0.717) is 23.8 Å². The topological polar surface area (TPSA) is 53.2 Å². The van der Waals surface area contributed by atoms with Crippen LogP contribution in [0.25, 0.3) is 0 Å². The summed E-state index contributed by atoms with van der Waals surface area (Å²) in [5.74, 6) is 0.769. The molecule has 3 nitrogen and oxygen atoms in total. The lowest BCUT2D eigenvalue weighted by molar-refractivity contribution is 0.103. The number of hydrogen-bond acceptors (Lipinski definition) is 4. The zero-order valence-corrected chi connectivity index (χ0v) is 10.2. The Morgan fingerprint density at radius 2 is 2.25 bits per heavy atom. The Labute approximate surface area is 104 Å². The van der Waals surface area contributed by atoms with E-state index in [1.54, 1.807) is 23.9 Å². The average Bonchev–Trinajstić information content (AvgIpc) is 2.30. The minimum absolute atomic E-state index is 0.0439. The Balaban J connectivity index is 2.40. The van der Waals surface area contributed by atoms with E-state index in [4.69, 9.17) is 26.7 Å². The van der Waals surface area contributed by atoms with Crippen LogP contribution in [0.4, 0.5) is 0 Å². The van der Waals surface area contributed by atoms with E-state index < -0.39 is 0 Å². The number of thioether (sulfide) groups is 1. The van der Waals surface area contributed by atoms with Gasteiger partial charge in [-0.25, -0.2) is 0 Å². The average molecular weight is 258 g/mol. The maximum atomic E-state index is 8.67. The van der Waals surface area contributed by atoms with Crippen LogP contribution in [0.5, 0.6) is 0 Å². The first-order chi connectivity index (χ1) is 7.77. The van der Waals surface area contributed by atoms with Crippen LogP contribution < -0.4 is 0 Å². The van der Waals surface area contributed by atoms with E-state index in [2.05, 4.69) is 0 Å². The lowest BCUT2D eigenvalue weighted by Crippen LogP contribution is -2.02. The summed E-state index contributed by atoms with van der Waals surface area (Å²) in [7, 11) is 0. The molecule has 0 atom stereocenters. The second kappa shape index (κ2) is 7.53. The zero-order chi connectivity index (χ0) is 11.8. The Kier molecular flexibility index (Phi) is 6.27. The highest BCUT2D eigenvalue weighted by molar-refractivity contribution is 7.99. The molecule has 5 heteroatoms. The van der Waals surface area contributed by atoms with Gasteiger partial charge in [0.05, 0.1) is 36.5 Å². The highest BCUT2D eigenvalue weighted by Gasteiger charge is 2.02. The van der Waals surface area contributed by atoms with Crippen LogP contribution in [0.1, 0.15) is 5.56 Å². The minimum atomic E-state index is 0.0439. The first-order valence-corrected chi connectivity index (χ1v) is 6.15. The molecule has 0 radical (unpaired) electrons. The van der Waals surface area contributed by atoms with Gasteiger partial charge in [-0.3, -0.25) is 0 Å². The fourth-order valence-electron chi connectivity index (χ4n) is 1.06. The van der Waals surface area contributed by atoms with Gasteiger partial charge >= 0.3 is 0 Å². The Morgan fingerprint density at radius 3 is 2.88 bits per heavy atom. The van der Waals surface area contributed by atoms with Gasteiger partial charge in [-0.2, -0.15) is 5.26 Å². The summed E-state index contributed by atoms with van der Waals surface area (Å²) < 4.78 is 5.12. The van der Waals surface area contributed by atoms with Crippen molar-refractivity contribution in [1.29, 1.82) is 5.26 Å². The lowest BCUT2D eigenvalue weighted by Gasteiger charge is -2.04. The Morgan fingerprint density at radius 1 is 1.44 bits per heavy atom. The van der Waals surface area contributed by atoms with Crippen molar-refractivity contribution in [3.8, 4) is 6.07 Å². The Bertz CT molecular complexity index is 379. The van der Waals surface area contributed by atoms with Crippen molar-refractivity contribution >= 4 is 23.4 Å². The number of halogens is 1. The molecule has 86 valence electrons. The van der Waals surface area contributed by atoms with E-state index in [1.807, 2.05) is 12.1 Å². The van der Waals surface area contributed by atoms with Crippen molar-refractivity contribution < 1.29 is 9.84 Å². The SMILES string of the molecule is N#Cc1ccc(SCCOCCO)c(Cl)c1. The molecule has 0 bridgehead atoms. The van der Waals surface area contributed by atoms with E-state index in [9.17, 15) is 0 Å². The lowest BCUT2D eigenvalue weighted by atomic mass is 10.2. The largest absolute Gasteiger partial charge is 0.394 e. The normalized spacial score (nSPS) is 10.1. The van der Waals surface area contributed by atoms with Crippen LogP contribution in [0.2, 0.25) is 5.02 Å². The van der Waals surface area contributed by atoms with E-state index >= 15 is 0 Å². The molecule has 0 aliphatic rings. The summed E-state index contributed by atoms with van der Waals surface area (Å²) in [6.07, 6.45) is 0. The predicted molar refractivity (Wildman–Crippen MR) is 64.8 cm³/mol. The van der Waals surface area contributed by atoms with Crippen LogP contribution in [-0.2, 0) is 4.74 Å². The molecule has 0 amide bonds. The third-order valence-electron chi connectivity index (χ3n) is 1.78. The summed E-state index contributed by atoms with van der Waals surface area (Å²) in [6.45, 7) is 0.978. The number of nitriles is 1. The van der Waals surface area contributed by atoms with Gasteiger partial charge < -0.3 is 9.84 Å². The molecule has 0 aliphatic carbocycles. The third kappa shape index (κ3) is 4.42. The van der Waals surface area contributed by atoms with Crippen LogP contribution in [0.15, 0.2) is 23.1 Å². The van der Waals surface area contributed by atoms with E-state index in [0.717, 1.165) is 10.6 Å². The van der Waals surface area contributed by atoms with E-state index in [1.165, 1.54) is 0 Å². The number of aliphatic hydroxyl groups excluding tert-OH is 1. The predicted octanol–water partition coefficient (Wildman–Crippen LogP) is 2.31. The maximum absolute atomic E-state index is 8.67. The number of rotatable bonds is 6. The summed E-state index contributed by atoms with van der Waals surface area (Å²) in [5.41, 5.74) is 0.561. The van der Waals surface area contributed by atoms with Crippen LogP contribution >= 0.6 is 23.4 Å². The van der Waals surface area contributed by atoms with Crippen molar-refractivity contribution in [3.05, 3.63) is 28.8 Å². The van der Waals surface area contributed by atoms with Gasteiger partial charge in [-0.05, 0) is 18.2 Å². The molecule has 0 saturated heterocycles. The van der Waals surface area contributed by atoms with E-state index in [-0.39, 0.29) is 6.61 Å². The summed E-state index contributed by atoms with van der Waals surface area (Å²) in [5, 5.41) is 17.8. The van der Waals surface area contributed by atoms with Crippen LogP contribution in [0, 0.1) is 11.3 Å². The molecule has 0 spiro atoms. The van der Waals surface area contributed by atoms with Gasteiger partial charge in [0.15, 0.2) is 0 Å². The van der Waals surface area contributed by atoms with Gasteiger partial charge in [-0.1, -0.05) is 11.6 Å². The number of nitrogens with zero attached hydrogens (tertiary/aromatic N) is 1. The molecule has 0 aromatic heterocycles. The second-order valence-corrected chi connectivity index (χ2v) is 4.49. The molecule has 0 aliphatic heterocycles. The molecule has 0 heterocycles. The van der Waals surface area contributed by atoms with Crippen molar-refractivity contribution in [2.24, 2.45) is 0 Å². The summed E-state index contributed by atoms with van der Waals surface area (Å²) in [4.78, 5) is 0.938. The third-order valence-corrected chi connectivity index (χ3v) is 3.24. The van der Waals surface area contributed by atoms with Gasteiger partial charge in [0.2, 0.25) is 0 Å². The molecule has 1 rings (SSSR count). The first-order valence-electron chi connectivity index (χ1n) is 4.79. The van der Waals surface area contributed by atoms with Crippen LogP contribution in [0.3, 0.4) is 0 Å². The molecule has 1 N–H and O–H groups in total. The van der Waals surface area contributed by atoms with Gasteiger partial charge in [0.1, 0.15) is 0 Å². The first kappa shape index (κ1) is 13.3. The van der Waals surface area contributed by atoms with Crippen molar-refractivity contribution in [2.75, 3.05) is 25.6 Å². The van der Waals surface area contributed by atoms with Gasteiger partial charge in [0.25, 0.3) is 0 Å². The number of hydrogen-bond donors (Lipinski definition) is 1. The molecule has 0 unspecified atom stereocenters. The fourth-order valence-corrected chi connectivity index (χ4v) is 2.19. The Hall–Kier alpha value is -0.730. The molecular formula is C11H12ClNO2S. The number of ether oxygens (including phenoxy) is 1. The highest BCUT2D eigenvalue weighted by Crippen LogP contribution is 2.27. The molecular weight excluding hydrogens is 246 g/mol. The molecule has 1 aromatic carbocycles. The number of aliphatic hydroxyl groups is 1. The monoisotopic (exact) mass is 257 g/mol. The smallest absolute Gasteiger partial charge is 0.0992 e. The van der Waals surface area contributed by atoms with Crippen molar-refractivity contribution in [1.82, 2.24) is 0 Å². The quantitative estimate of drug-likeness (QED) is 0.628. The minimum Gasteiger partial charge on any atom is -0.394 e. The maximum Gasteiger partial charge on any atom is 0.0992 e. The van der Waals surface area contributed by atoms with Gasteiger partial charge in [-0.15, -0.1) is 11.8 Å². The van der Waals surface area contributed by atoms with Crippen molar-refractivity contribution in [3.63, 3.8) is 0 Å². The molecule has 16 heavy (non-hydrogen) atoms. The van der Waals surface area contributed by atoms with Gasteiger partial charge in [0, 0.05) is 10.6 Å². The van der Waals surface area contributed by atoms with Crippen LogP contribution in [-0.4, -0.2) is 30.7 Å². The highest BCUT2D eigenvalue weighted by atomic mass is 35.5. The standard InChI is InChI=1S/C11H12ClNO2S/c12-10-7-9(8-13)1-2-11(10)16-6-5-15-4-3-14/h1-2,7,14H,3-6H2. The molecule has 1 aromatic rings. The fraction of sp³-hybridized carbons (Fsp3) is 0.364. The second-order valence-electron chi connectivity index (χ2n) is 2.94. The summed E-state index contributed by atoms with van der Waals surface area (Å²) >= 11 is 7.56. The number of benzene rings is 1.